The second-order valence-corrected chi connectivity index (χ2v) is 4.83. The molecule has 0 aliphatic rings. The number of hydrogen-bond donors (Lipinski definition) is 2. The SMILES string of the molecule is C=CCNc1oc(C(=O)OC(C)(C)C)c(N)c1C#N. The minimum absolute atomic E-state index is 0.0247. The number of anilines is 2. The number of rotatable bonds is 4. The maximum Gasteiger partial charge on any atom is 0.377 e. The Bertz CT molecular complexity index is 533. The van der Waals surface area contributed by atoms with Gasteiger partial charge in [0.1, 0.15) is 22.9 Å². The number of carbonyl (C=O) groups is 1. The highest BCUT2D eigenvalue weighted by atomic mass is 16.6. The van der Waals surface area contributed by atoms with E-state index in [-0.39, 0.29) is 22.9 Å². The van der Waals surface area contributed by atoms with Crippen molar-refractivity contribution in [3.8, 4) is 6.07 Å². The van der Waals surface area contributed by atoms with Crippen molar-refractivity contribution < 1.29 is 13.9 Å². The summed E-state index contributed by atoms with van der Waals surface area (Å²) < 4.78 is 10.4. The highest BCUT2D eigenvalue weighted by Crippen LogP contribution is 2.30. The molecule has 0 aromatic carbocycles. The van der Waals surface area contributed by atoms with Crippen LogP contribution < -0.4 is 11.1 Å². The van der Waals surface area contributed by atoms with E-state index in [1.165, 1.54) is 0 Å². The molecule has 0 radical (unpaired) electrons. The van der Waals surface area contributed by atoms with Gasteiger partial charge in [0.15, 0.2) is 0 Å². The van der Waals surface area contributed by atoms with E-state index in [1.54, 1.807) is 26.8 Å². The standard InChI is InChI=1S/C13H17N3O3/c1-5-6-16-11-8(7-14)9(15)10(18-11)12(17)19-13(2,3)4/h5,16H,1,6,15H2,2-4H3. The first-order valence-corrected chi connectivity index (χ1v) is 5.70. The van der Waals surface area contributed by atoms with Gasteiger partial charge in [-0.1, -0.05) is 6.08 Å². The number of esters is 1. The molecule has 0 fully saturated rings. The van der Waals surface area contributed by atoms with E-state index in [4.69, 9.17) is 20.1 Å². The zero-order chi connectivity index (χ0) is 14.6. The van der Waals surface area contributed by atoms with E-state index in [9.17, 15) is 4.79 Å². The quantitative estimate of drug-likeness (QED) is 0.638. The average Bonchev–Trinajstić information content (AvgIpc) is 2.60. The molecule has 6 nitrogen and oxygen atoms in total. The predicted molar refractivity (Wildman–Crippen MR) is 71.7 cm³/mol. The summed E-state index contributed by atoms with van der Waals surface area (Å²) in [5.41, 5.74) is 5.12. The number of carbonyl (C=O) groups excluding carboxylic acids is 1. The first-order chi connectivity index (χ1) is 8.80. The van der Waals surface area contributed by atoms with Crippen molar-refractivity contribution >= 4 is 17.5 Å². The van der Waals surface area contributed by atoms with Crippen molar-refractivity contribution in [2.75, 3.05) is 17.6 Å². The molecule has 6 heteroatoms. The van der Waals surface area contributed by atoms with Crippen LogP contribution in [0.5, 0.6) is 0 Å². The predicted octanol–water partition coefficient (Wildman–Crippen LogP) is 2.29. The fourth-order valence-electron chi connectivity index (χ4n) is 1.32. The molecule has 1 aromatic heterocycles. The molecule has 0 spiro atoms. The van der Waals surface area contributed by atoms with Crippen LogP contribution in [0, 0.1) is 11.3 Å². The summed E-state index contributed by atoms with van der Waals surface area (Å²) >= 11 is 0. The van der Waals surface area contributed by atoms with Gasteiger partial charge in [-0.2, -0.15) is 5.26 Å². The fraction of sp³-hybridized carbons (Fsp3) is 0.385. The second kappa shape index (κ2) is 5.48. The molecular weight excluding hydrogens is 246 g/mol. The Morgan fingerprint density at radius 2 is 2.26 bits per heavy atom. The van der Waals surface area contributed by atoms with Crippen LogP contribution >= 0.6 is 0 Å². The molecular formula is C13H17N3O3. The van der Waals surface area contributed by atoms with Crippen LogP contribution in [0.4, 0.5) is 11.6 Å². The summed E-state index contributed by atoms with van der Waals surface area (Å²) in [6.45, 7) is 9.10. The summed E-state index contributed by atoms with van der Waals surface area (Å²) in [7, 11) is 0. The number of nitrogens with two attached hydrogens (primary N) is 1. The van der Waals surface area contributed by atoms with Crippen LogP contribution in [0.1, 0.15) is 36.9 Å². The van der Waals surface area contributed by atoms with Gasteiger partial charge >= 0.3 is 5.97 Å². The molecule has 0 saturated heterocycles. The van der Waals surface area contributed by atoms with Gasteiger partial charge in [0.2, 0.25) is 11.6 Å². The zero-order valence-electron chi connectivity index (χ0n) is 11.2. The van der Waals surface area contributed by atoms with Crippen molar-refractivity contribution in [2.24, 2.45) is 0 Å². The van der Waals surface area contributed by atoms with E-state index in [0.717, 1.165) is 0 Å². The molecule has 0 aliphatic heterocycles. The third-order valence-electron chi connectivity index (χ3n) is 2.05. The third-order valence-corrected chi connectivity index (χ3v) is 2.05. The number of nitrogen functional groups attached to an aromatic ring is 1. The molecule has 0 bridgehead atoms. The van der Waals surface area contributed by atoms with Gasteiger partial charge in [0.05, 0.1) is 0 Å². The summed E-state index contributed by atoms with van der Waals surface area (Å²) in [5, 5.41) is 11.8. The van der Waals surface area contributed by atoms with Gasteiger partial charge in [-0.15, -0.1) is 6.58 Å². The normalized spacial score (nSPS) is 10.6. The maximum atomic E-state index is 11.9. The monoisotopic (exact) mass is 263 g/mol. The number of nitriles is 1. The Kier molecular flexibility index (Phi) is 4.22. The highest BCUT2D eigenvalue weighted by molar-refractivity contribution is 5.95. The number of nitrogens with zero attached hydrogens (tertiary/aromatic N) is 1. The van der Waals surface area contributed by atoms with Crippen LogP contribution in [0.15, 0.2) is 17.1 Å². The fourth-order valence-corrected chi connectivity index (χ4v) is 1.32. The Balaban J connectivity index is 3.09. The van der Waals surface area contributed by atoms with E-state index in [0.29, 0.717) is 6.54 Å². The van der Waals surface area contributed by atoms with Gasteiger partial charge in [0, 0.05) is 6.54 Å². The second-order valence-electron chi connectivity index (χ2n) is 4.83. The van der Waals surface area contributed by atoms with Crippen molar-refractivity contribution in [2.45, 2.75) is 26.4 Å². The minimum Gasteiger partial charge on any atom is -0.454 e. The summed E-state index contributed by atoms with van der Waals surface area (Å²) in [6.07, 6.45) is 1.59. The third kappa shape index (κ3) is 3.52. The summed E-state index contributed by atoms with van der Waals surface area (Å²) in [5.74, 6) is -0.730. The molecule has 1 rings (SSSR count). The zero-order valence-corrected chi connectivity index (χ0v) is 11.2. The van der Waals surface area contributed by atoms with Crippen LogP contribution in [0.3, 0.4) is 0 Å². The molecule has 0 atom stereocenters. The van der Waals surface area contributed by atoms with Gasteiger partial charge in [-0.25, -0.2) is 4.79 Å². The molecule has 102 valence electrons. The van der Waals surface area contributed by atoms with Gasteiger partial charge < -0.3 is 20.2 Å². The first kappa shape index (κ1) is 14.6. The first-order valence-electron chi connectivity index (χ1n) is 5.70. The van der Waals surface area contributed by atoms with Gasteiger partial charge in [0.25, 0.3) is 0 Å². The molecule has 1 aromatic rings. The van der Waals surface area contributed by atoms with E-state index in [1.807, 2.05) is 6.07 Å². The van der Waals surface area contributed by atoms with E-state index < -0.39 is 11.6 Å². The molecule has 3 N–H and O–H groups in total. The Morgan fingerprint density at radius 3 is 2.74 bits per heavy atom. The van der Waals surface area contributed by atoms with Crippen molar-refractivity contribution in [3.63, 3.8) is 0 Å². The molecule has 0 saturated carbocycles. The Morgan fingerprint density at radius 1 is 1.63 bits per heavy atom. The summed E-state index contributed by atoms with van der Waals surface area (Å²) in [6, 6.07) is 1.89. The lowest BCUT2D eigenvalue weighted by atomic mass is 10.2. The smallest absolute Gasteiger partial charge is 0.377 e. The van der Waals surface area contributed by atoms with Crippen LogP contribution in [-0.4, -0.2) is 18.1 Å². The lowest BCUT2D eigenvalue weighted by Gasteiger charge is -2.18. The highest BCUT2D eigenvalue weighted by Gasteiger charge is 2.27. The van der Waals surface area contributed by atoms with E-state index >= 15 is 0 Å². The van der Waals surface area contributed by atoms with E-state index in [2.05, 4.69) is 11.9 Å². The van der Waals surface area contributed by atoms with Crippen molar-refractivity contribution in [3.05, 3.63) is 24.0 Å². The molecule has 0 amide bonds. The van der Waals surface area contributed by atoms with Crippen molar-refractivity contribution in [1.29, 1.82) is 5.26 Å². The maximum absolute atomic E-state index is 11.9. The number of furan rings is 1. The van der Waals surface area contributed by atoms with Crippen LogP contribution in [0.2, 0.25) is 0 Å². The average molecular weight is 263 g/mol. The molecule has 1 heterocycles. The largest absolute Gasteiger partial charge is 0.454 e. The molecule has 0 aliphatic carbocycles. The summed E-state index contributed by atoms with van der Waals surface area (Å²) in [4.78, 5) is 11.9. The lowest BCUT2D eigenvalue weighted by molar-refractivity contribution is 0.00386. The number of nitrogens with one attached hydrogen (secondary N) is 1. The number of ether oxygens (including phenoxy) is 1. The lowest BCUT2D eigenvalue weighted by Crippen LogP contribution is -2.24. The van der Waals surface area contributed by atoms with Crippen molar-refractivity contribution in [1.82, 2.24) is 0 Å². The topological polar surface area (TPSA) is 101 Å². The van der Waals surface area contributed by atoms with Crippen LogP contribution in [0.25, 0.3) is 0 Å². The Hall–Kier alpha value is -2.42. The molecule has 0 unspecified atom stereocenters. The van der Waals surface area contributed by atoms with Crippen LogP contribution in [-0.2, 0) is 4.74 Å². The Labute approximate surface area is 111 Å². The molecule has 19 heavy (non-hydrogen) atoms. The minimum atomic E-state index is -0.701. The van der Waals surface area contributed by atoms with Gasteiger partial charge in [-0.05, 0) is 20.8 Å². The number of hydrogen-bond acceptors (Lipinski definition) is 6. The van der Waals surface area contributed by atoms with Gasteiger partial charge in [-0.3, -0.25) is 0 Å².